The van der Waals surface area contributed by atoms with Crippen molar-refractivity contribution in [3.63, 3.8) is 0 Å². The van der Waals surface area contributed by atoms with Crippen LogP contribution in [0.5, 0.6) is 0 Å². The Morgan fingerprint density at radius 2 is 1.78 bits per heavy atom. The fraction of sp³-hybridized carbons (Fsp3) is 0.211. The molecule has 0 atom stereocenters. The Morgan fingerprint density at radius 1 is 1.13 bits per heavy atom. The lowest BCUT2D eigenvalue weighted by Crippen LogP contribution is -2.11. The largest absolute Gasteiger partial charge is 0.460 e. The first-order valence-electron chi connectivity index (χ1n) is 7.41. The van der Waals surface area contributed by atoms with E-state index in [-0.39, 0.29) is 5.41 Å². The molecule has 118 valence electrons. The van der Waals surface area contributed by atoms with Crippen LogP contribution < -0.4 is 5.73 Å². The number of halogens is 1. The summed E-state index contributed by atoms with van der Waals surface area (Å²) in [6.07, 6.45) is 0. The molecule has 0 radical (unpaired) electrons. The van der Waals surface area contributed by atoms with Gasteiger partial charge in [0, 0.05) is 15.3 Å². The average Bonchev–Trinajstić information content (AvgIpc) is 2.94. The van der Waals surface area contributed by atoms with E-state index in [1.54, 1.807) is 6.07 Å². The van der Waals surface area contributed by atoms with Crippen molar-refractivity contribution >= 4 is 32.8 Å². The number of rotatable bonds is 2. The van der Waals surface area contributed by atoms with Crippen LogP contribution in [0.3, 0.4) is 0 Å². The third kappa shape index (κ3) is 2.79. The molecule has 2 aromatic carbocycles. The van der Waals surface area contributed by atoms with Crippen LogP contribution in [0.15, 0.2) is 51.4 Å². The van der Waals surface area contributed by atoms with Crippen molar-refractivity contribution < 1.29 is 9.21 Å². The zero-order chi connectivity index (χ0) is 16.8. The Hall–Kier alpha value is -2.07. The smallest absolute Gasteiger partial charge is 0.252 e. The van der Waals surface area contributed by atoms with Crippen molar-refractivity contribution in [2.75, 3.05) is 0 Å². The second kappa shape index (κ2) is 5.53. The summed E-state index contributed by atoms with van der Waals surface area (Å²) in [5.41, 5.74) is 8.31. The lowest BCUT2D eigenvalue weighted by Gasteiger charge is -2.13. The van der Waals surface area contributed by atoms with Crippen molar-refractivity contribution in [1.29, 1.82) is 0 Å². The van der Waals surface area contributed by atoms with E-state index >= 15 is 0 Å². The van der Waals surface area contributed by atoms with Crippen molar-refractivity contribution in [1.82, 2.24) is 0 Å². The van der Waals surface area contributed by atoms with Gasteiger partial charge in [-0.15, -0.1) is 0 Å². The van der Waals surface area contributed by atoms with Gasteiger partial charge in [0.1, 0.15) is 11.3 Å². The van der Waals surface area contributed by atoms with E-state index < -0.39 is 5.91 Å². The molecular formula is C19H18BrNO2. The molecule has 1 amide bonds. The summed E-state index contributed by atoms with van der Waals surface area (Å²) >= 11 is 3.67. The fourth-order valence-electron chi connectivity index (χ4n) is 2.55. The first kappa shape index (κ1) is 15.8. The van der Waals surface area contributed by atoms with Gasteiger partial charge in [-0.25, -0.2) is 0 Å². The van der Waals surface area contributed by atoms with Gasteiger partial charge in [-0.1, -0.05) is 51.1 Å². The van der Waals surface area contributed by atoms with Gasteiger partial charge in [0.2, 0.25) is 0 Å². The molecule has 3 rings (SSSR count). The molecule has 0 saturated heterocycles. The number of furan rings is 1. The van der Waals surface area contributed by atoms with E-state index in [4.69, 9.17) is 10.2 Å². The zero-order valence-corrected chi connectivity index (χ0v) is 14.9. The van der Waals surface area contributed by atoms with Crippen molar-refractivity contribution in [2.45, 2.75) is 26.2 Å². The Kier molecular flexibility index (Phi) is 3.80. The minimum atomic E-state index is -0.491. The molecule has 23 heavy (non-hydrogen) atoms. The molecule has 0 aliphatic rings. The molecule has 0 aliphatic carbocycles. The highest BCUT2D eigenvalue weighted by Crippen LogP contribution is 2.40. The number of nitrogens with two attached hydrogens (primary N) is 1. The molecule has 0 unspecified atom stereocenters. The summed E-state index contributed by atoms with van der Waals surface area (Å²) in [6.45, 7) is 6.21. The number of carbonyl (C=O) groups excluding carboxylic acids is 1. The van der Waals surface area contributed by atoms with Crippen molar-refractivity contribution in [3.05, 3.63) is 58.3 Å². The summed E-state index contributed by atoms with van der Waals surface area (Å²) in [7, 11) is 0. The monoisotopic (exact) mass is 371 g/mol. The van der Waals surface area contributed by atoms with Crippen LogP contribution in [0, 0.1) is 0 Å². The Labute approximate surface area is 143 Å². The third-order valence-corrected chi connectivity index (χ3v) is 4.68. The SMILES string of the molecule is CC(C)(C)c1cc2c(Br)c(-c3ccccc3)cc(C(N)=O)c2o1. The predicted octanol–water partition coefficient (Wildman–Crippen LogP) is 5.26. The predicted molar refractivity (Wildman–Crippen MR) is 96.6 cm³/mol. The van der Waals surface area contributed by atoms with E-state index in [0.717, 1.165) is 26.7 Å². The number of primary amides is 1. The molecule has 3 aromatic rings. The number of benzene rings is 2. The lowest BCUT2D eigenvalue weighted by atomic mass is 9.93. The first-order valence-corrected chi connectivity index (χ1v) is 8.20. The minimum Gasteiger partial charge on any atom is -0.460 e. The maximum Gasteiger partial charge on any atom is 0.252 e. The van der Waals surface area contributed by atoms with E-state index in [0.29, 0.717) is 11.1 Å². The van der Waals surface area contributed by atoms with E-state index in [2.05, 4.69) is 36.7 Å². The second-order valence-electron chi connectivity index (χ2n) is 6.62. The number of fused-ring (bicyclic) bond motifs is 1. The molecule has 3 nitrogen and oxygen atoms in total. The highest BCUT2D eigenvalue weighted by Gasteiger charge is 2.24. The van der Waals surface area contributed by atoms with E-state index in [9.17, 15) is 4.79 Å². The van der Waals surface area contributed by atoms with Gasteiger partial charge in [-0.3, -0.25) is 4.79 Å². The lowest BCUT2D eigenvalue weighted by molar-refractivity contribution is 0.100. The van der Waals surface area contributed by atoms with Gasteiger partial charge >= 0.3 is 0 Å². The molecule has 0 aliphatic heterocycles. The molecule has 0 spiro atoms. The highest BCUT2D eigenvalue weighted by atomic mass is 79.9. The standard InChI is InChI=1S/C19H18BrNO2/c1-19(2,3)15-10-13-16(20)12(11-7-5-4-6-8-11)9-14(18(21)22)17(13)23-15/h4-10H,1-3H3,(H2,21,22). The fourth-order valence-corrected chi connectivity index (χ4v) is 3.19. The Morgan fingerprint density at radius 3 is 2.35 bits per heavy atom. The highest BCUT2D eigenvalue weighted by molar-refractivity contribution is 9.10. The summed E-state index contributed by atoms with van der Waals surface area (Å²) in [5.74, 6) is 0.329. The number of hydrogen-bond donors (Lipinski definition) is 1. The summed E-state index contributed by atoms with van der Waals surface area (Å²) in [4.78, 5) is 11.9. The van der Waals surface area contributed by atoms with Gasteiger partial charge in [0.05, 0.1) is 5.56 Å². The quantitative estimate of drug-likeness (QED) is 0.667. The average molecular weight is 372 g/mol. The van der Waals surface area contributed by atoms with E-state index in [1.165, 1.54) is 0 Å². The van der Waals surface area contributed by atoms with Crippen LogP contribution in [0.2, 0.25) is 0 Å². The minimum absolute atomic E-state index is 0.152. The van der Waals surface area contributed by atoms with Crippen LogP contribution in [0.1, 0.15) is 36.9 Å². The van der Waals surface area contributed by atoms with Crippen molar-refractivity contribution in [3.8, 4) is 11.1 Å². The van der Waals surface area contributed by atoms with Gasteiger partial charge in [-0.2, -0.15) is 0 Å². The normalized spacial score (nSPS) is 11.8. The summed E-state index contributed by atoms with van der Waals surface area (Å²) in [5, 5.41) is 0.866. The number of amides is 1. The van der Waals surface area contributed by atoms with E-state index in [1.807, 2.05) is 36.4 Å². The van der Waals surface area contributed by atoms with Gasteiger partial charge in [-0.05, 0) is 39.2 Å². The van der Waals surface area contributed by atoms with Crippen LogP contribution in [-0.2, 0) is 5.41 Å². The molecule has 1 heterocycles. The number of carbonyl (C=O) groups is 1. The summed E-state index contributed by atoms with van der Waals surface area (Å²) < 4.78 is 6.87. The molecule has 0 fully saturated rings. The van der Waals surface area contributed by atoms with Crippen LogP contribution in [0.25, 0.3) is 22.1 Å². The van der Waals surface area contributed by atoms with Crippen LogP contribution in [-0.4, -0.2) is 5.91 Å². The summed E-state index contributed by atoms with van der Waals surface area (Å²) in [6, 6.07) is 13.7. The van der Waals surface area contributed by atoms with Crippen LogP contribution >= 0.6 is 15.9 Å². The Balaban J connectivity index is 2.37. The molecular weight excluding hydrogens is 354 g/mol. The first-order chi connectivity index (χ1) is 10.8. The zero-order valence-electron chi connectivity index (χ0n) is 13.3. The van der Waals surface area contributed by atoms with Crippen molar-refractivity contribution in [2.24, 2.45) is 5.73 Å². The van der Waals surface area contributed by atoms with Gasteiger partial charge < -0.3 is 10.2 Å². The molecule has 1 aromatic heterocycles. The molecule has 4 heteroatoms. The maximum atomic E-state index is 11.9. The van der Waals surface area contributed by atoms with Gasteiger partial charge in [0.15, 0.2) is 0 Å². The molecule has 0 saturated carbocycles. The number of hydrogen-bond acceptors (Lipinski definition) is 2. The Bertz CT molecular complexity index is 889. The topological polar surface area (TPSA) is 56.2 Å². The van der Waals surface area contributed by atoms with Gasteiger partial charge in [0.25, 0.3) is 5.91 Å². The molecule has 2 N–H and O–H groups in total. The third-order valence-electron chi connectivity index (χ3n) is 3.83. The second-order valence-corrected chi connectivity index (χ2v) is 7.41. The maximum absolute atomic E-state index is 11.9. The van der Waals surface area contributed by atoms with Crippen LogP contribution in [0.4, 0.5) is 0 Å². The molecule has 0 bridgehead atoms.